The molecule has 0 saturated carbocycles. The van der Waals surface area contributed by atoms with Crippen LogP contribution in [0, 0.1) is 11.8 Å². The van der Waals surface area contributed by atoms with Gasteiger partial charge in [-0.2, -0.15) is 0 Å². The van der Waals surface area contributed by atoms with Gasteiger partial charge in [0.05, 0.1) is 12.9 Å². The maximum Gasteiger partial charge on any atom is 0.0991 e. The molecule has 3 nitrogen and oxygen atoms in total. The van der Waals surface area contributed by atoms with Crippen LogP contribution in [0.3, 0.4) is 0 Å². The molecule has 0 aliphatic heterocycles. The van der Waals surface area contributed by atoms with Crippen molar-refractivity contribution in [1.82, 2.24) is 14.9 Å². The van der Waals surface area contributed by atoms with Gasteiger partial charge in [0.15, 0.2) is 0 Å². The Kier molecular flexibility index (Phi) is 4.16. The average Bonchev–Trinajstić information content (AvgIpc) is 2.93. The largest absolute Gasteiger partial charge is 0.306 e. The predicted octanol–water partition coefficient (Wildman–Crippen LogP) is 2.55. The van der Waals surface area contributed by atoms with E-state index in [9.17, 15) is 0 Å². The first-order valence-corrected chi connectivity index (χ1v) is 6.02. The second-order valence-electron chi connectivity index (χ2n) is 4.09. The van der Waals surface area contributed by atoms with Crippen LogP contribution in [0.1, 0.15) is 25.5 Å². The predicted molar refractivity (Wildman–Crippen MR) is 73.4 cm³/mol. The van der Waals surface area contributed by atoms with Crippen molar-refractivity contribution in [2.45, 2.75) is 19.9 Å². The van der Waals surface area contributed by atoms with Crippen molar-refractivity contribution in [2.75, 3.05) is 6.54 Å². The molecule has 2 aromatic rings. The zero-order chi connectivity index (χ0) is 12.8. The van der Waals surface area contributed by atoms with Crippen LogP contribution in [0.15, 0.2) is 43.0 Å². The first-order valence-electron chi connectivity index (χ1n) is 6.02. The number of hydrogen-bond acceptors (Lipinski definition) is 2. The lowest BCUT2D eigenvalue weighted by Gasteiger charge is -2.13. The molecule has 18 heavy (non-hydrogen) atoms. The molecule has 0 unspecified atom stereocenters. The van der Waals surface area contributed by atoms with Crippen molar-refractivity contribution in [1.29, 1.82) is 0 Å². The van der Waals surface area contributed by atoms with Crippen LogP contribution in [0.25, 0.3) is 5.69 Å². The maximum atomic E-state index is 4.06. The third kappa shape index (κ3) is 2.99. The molecular formula is C15H17N3. The van der Waals surface area contributed by atoms with Crippen molar-refractivity contribution in [3.8, 4) is 17.5 Å². The minimum Gasteiger partial charge on any atom is -0.306 e. The number of imidazole rings is 1. The Balaban J connectivity index is 2.13. The quantitative estimate of drug-likeness (QED) is 0.831. The molecule has 2 rings (SSSR count). The molecule has 1 N–H and O–H groups in total. The van der Waals surface area contributed by atoms with E-state index < -0.39 is 0 Å². The monoisotopic (exact) mass is 239 g/mol. The topological polar surface area (TPSA) is 29.9 Å². The number of rotatable bonds is 4. The summed E-state index contributed by atoms with van der Waals surface area (Å²) in [5, 5.41) is 3.37. The van der Waals surface area contributed by atoms with Crippen LogP contribution < -0.4 is 5.32 Å². The molecule has 92 valence electrons. The second-order valence-corrected chi connectivity index (χ2v) is 4.09. The van der Waals surface area contributed by atoms with E-state index in [2.05, 4.69) is 53.3 Å². The third-order valence-corrected chi connectivity index (χ3v) is 2.85. The Labute approximate surface area is 108 Å². The molecule has 0 aliphatic rings. The summed E-state index contributed by atoms with van der Waals surface area (Å²) in [5.41, 5.74) is 2.37. The highest BCUT2D eigenvalue weighted by atomic mass is 15.0. The summed E-state index contributed by atoms with van der Waals surface area (Å²) < 4.78 is 2.00. The van der Waals surface area contributed by atoms with E-state index in [1.807, 2.05) is 17.7 Å². The van der Waals surface area contributed by atoms with Gasteiger partial charge in [0.2, 0.25) is 0 Å². The fourth-order valence-corrected chi connectivity index (χ4v) is 1.78. The van der Waals surface area contributed by atoms with Gasteiger partial charge in [0.25, 0.3) is 0 Å². The van der Waals surface area contributed by atoms with E-state index in [-0.39, 0.29) is 6.04 Å². The Morgan fingerprint density at radius 3 is 3.06 bits per heavy atom. The maximum absolute atomic E-state index is 4.06. The molecule has 0 saturated heterocycles. The van der Waals surface area contributed by atoms with E-state index in [1.165, 1.54) is 5.56 Å². The molecule has 0 fully saturated rings. The summed E-state index contributed by atoms with van der Waals surface area (Å²) in [7, 11) is 0. The van der Waals surface area contributed by atoms with Crippen molar-refractivity contribution in [3.63, 3.8) is 0 Å². The SMILES string of the molecule is CC#CCN[C@H](C)c1cccc(-n2ccnc2)c1. The van der Waals surface area contributed by atoms with Crippen LogP contribution in [0.5, 0.6) is 0 Å². The lowest BCUT2D eigenvalue weighted by molar-refractivity contribution is 0.623. The van der Waals surface area contributed by atoms with E-state index in [4.69, 9.17) is 0 Å². The van der Waals surface area contributed by atoms with Gasteiger partial charge in [0.1, 0.15) is 0 Å². The fraction of sp³-hybridized carbons (Fsp3) is 0.267. The highest BCUT2D eigenvalue weighted by Crippen LogP contribution is 2.16. The van der Waals surface area contributed by atoms with Gasteiger partial charge in [-0.1, -0.05) is 18.1 Å². The van der Waals surface area contributed by atoms with Crippen LogP contribution in [0.2, 0.25) is 0 Å². The summed E-state index contributed by atoms with van der Waals surface area (Å²) in [4.78, 5) is 4.06. The van der Waals surface area contributed by atoms with Crippen LogP contribution in [0.4, 0.5) is 0 Å². The fourth-order valence-electron chi connectivity index (χ4n) is 1.78. The smallest absolute Gasteiger partial charge is 0.0991 e. The van der Waals surface area contributed by atoms with Gasteiger partial charge < -0.3 is 4.57 Å². The van der Waals surface area contributed by atoms with Gasteiger partial charge in [-0.05, 0) is 31.5 Å². The Bertz CT molecular complexity index is 547. The molecule has 0 spiro atoms. The molecule has 0 aliphatic carbocycles. The minimum atomic E-state index is 0.286. The van der Waals surface area contributed by atoms with Crippen molar-refractivity contribution in [3.05, 3.63) is 48.5 Å². The molecular weight excluding hydrogens is 222 g/mol. The van der Waals surface area contributed by atoms with Gasteiger partial charge in [0, 0.05) is 24.1 Å². The normalized spacial score (nSPS) is 11.7. The first kappa shape index (κ1) is 12.4. The molecule has 0 bridgehead atoms. The zero-order valence-corrected chi connectivity index (χ0v) is 10.7. The van der Waals surface area contributed by atoms with Crippen molar-refractivity contribution < 1.29 is 0 Å². The van der Waals surface area contributed by atoms with E-state index in [1.54, 1.807) is 12.5 Å². The standard InChI is InChI=1S/C15H17N3/c1-3-4-8-17-13(2)14-6-5-7-15(11-14)18-10-9-16-12-18/h5-7,9-13,17H,8H2,1-2H3/t13-/m1/s1. The summed E-state index contributed by atoms with van der Waals surface area (Å²) in [6.45, 7) is 4.71. The van der Waals surface area contributed by atoms with Gasteiger partial charge in [-0.25, -0.2) is 4.98 Å². The van der Waals surface area contributed by atoms with E-state index in [0.717, 1.165) is 5.69 Å². The molecule has 1 aromatic heterocycles. The number of nitrogens with zero attached hydrogens (tertiary/aromatic N) is 2. The van der Waals surface area contributed by atoms with Crippen LogP contribution >= 0.6 is 0 Å². The van der Waals surface area contributed by atoms with E-state index in [0.29, 0.717) is 6.54 Å². The molecule has 0 amide bonds. The molecule has 0 radical (unpaired) electrons. The minimum absolute atomic E-state index is 0.286. The summed E-state index contributed by atoms with van der Waals surface area (Å²) in [6.07, 6.45) is 5.53. The third-order valence-electron chi connectivity index (χ3n) is 2.85. The Hall–Kier alpha value is -2.05. The number of hydrogen-bond donors (Lipinski definition) is 1. The Morgan fingerprint density at radius 2 is 2.33 bits per heavy atom. The second kappa shape index (κ2) is 6.04. The number of benzene rings is 1. The van der Waals surface area contributed by atoms with Gasteiger partial charge in [-0.15, -0.1) is 5.92 Å². The summed E-state index contributed by atoms with van der Waals surface area (Å²) in [6, 6.07) is 8.71. The lowest BCUT2D eigenvalue weighted by atomic mass is 10.1. The highest BCUT2D eigenvalue weighted by molar-refractivity contribution is 5.37. The summed E-state index contributed by atoms with van der Waals surface area (Å²) in [5.74, 6) is 5.90. The van der Waals surface area contributed by atoms with Crippen LogP contribution in [-0.2, 0) is 0 Å². The zero-order valence-electron chi connectivity index (χ0n) is 10.7. The van der Waals surface area contributed by atoms with Gasteiger partial charge in [-0.3, -0.25) is 5.32 Å². The van der Waals surface area contributed by atoms with E-state index >= 15 is 0 Å². The van der Waals surface area contributed by atoms with Gasteiger partial charge >= 0.3 is 0 Å². The first-order chi connectivity index (χ1) is 8.81. The molecule has 1 atom stereocenters. The van der Waals surface area contributed by atoms with Crippen molar-refractivity contribution >= 4 is 0 Å². The number of nitrogens with one attached hydrogen (secondary N) is 1. The average molecular weight is 239 g/mol. The highest BCUT2D eigenvalue weighted by Gasteiger charge is 2.05. The summed E-state index contributed by atoms with van der Waals surface area (Å²) >= 11 is 0. The molecule has 1 heterocycles. The van der Waals surface area contributed by atoms with Crippen LogP contribution in [-0.4, -0.2) is 16.1 Å². The molecule has 3 heteroatoms. The lowest BCUT2D eigenvalue weighted by Crippen LogP contribution is -2.18. The molecule has 1 aromatic carbocycles. The Morgan fingerprint density at radius 1 is 1.44 bits per heavy atom. The number of aromatic nitrogens is 2. The van der Waals surface area contributed by atoms with Crippen molar-refractivity contribution in [2.24, 2.45) is 0 Å².